The zero-order valence-corrected chi connectivity index (χ0v) is 12.8. The van der Waals surface area contributed by atoms with E-state index in [-0.39, 0.29) is 18.0 Å². The van der Waals surface area contributed by atoms with Crippen LogP contribution in [0.3, 0.4) is 0 Å². The van der Waals surface area contributed by atoms with Crippen molar-refractivity contribution in [1.29, 1.82) is 0 Å². The number of urea groups is 1. The molecule has 118 valence electrons. The molecule has 5 heteroatoms. The van der Waals surface area contributed by atoms with Crippen LogP contribution in [-0.2, 0) is 4.79 Å². The maximum Gasteiger partial charge on any atom is 0.320 e. The fraction of sp³-hybridized carbons (Fsp3) is 0.875. The van der Waals surface area contributed by atoms with E-state index >= 15 is 0 Å². The van der Waals surface area contributed by atoms with E-state index in [4.69, 9.17) is 5.11 Å². The van der Waals surface area contributed by atoms with Gasteiger partial charge in [-0.25, -0.2) is 4.79 Å². The molecule has 3 fully saturated rings. The molecule has 2 atom stereocenters. The monoisotopic (exact) mass is 294 g/mol. The Morgan fingerprint density at radius 3 is 2.10 bits per heavy atom. The molecule has 2 saturated carbocycles. The van der Waals surface area contributed by atoms with Crippen LogP contribution in [0, 0.1) is 17.8 Å². The summed E-state index contributed by atoms with van der Waals surface area (Å²) in [5.74, 6) is 0.408. The molecule has 1 N–H and O–H groups in total. The van der Waals surface area contributed by atoms with Crippen molar-refractivity contribution in [1.82, 2.24) is 9.80 Å². The molecule has 2 unspecified atom stereocenters. The molecule has 21 heavy (non-hydrogen) atoms. The minimum Gasteiger partial charge on any atom is -0.481 e. The fourth-order valence-corrected chi connectivity index (χ4v) is 3.32. The molecule has 5 nitrogen and oxygen atoms in total. The van der Waals surface area contributed by atoms with Crippen LogP contribution >= 0.6 is 0 Å². The van der Waals surface area contributed by atoms with Gasteiger partial charge in [0.15, 0.2) is 0 Å². The Kier molecular flexibility index (Phi) is 4.09. The second kappa shape index (κ2) is 5.85. The fourth-order valence-electron chi connectivity index (χ4n) is 3.32. The van der Waals surface area contributed by atoms with Gasteiger partial charge in [-0.1, -0.05) is 0 Å². The Bertz CT molecular complexity index is 404. The number of hydrogen-bond donors (Lipinski definition) is 1. The molecule has 0 radical (unpaired) electrons. The van der Waals surface area contributed by atoms with Crippen molar-refractivity contribution < 1.29 is 14.7 Å². The molecule has 2 amide bonds. The van der Waals surface area contributed by atoms with Crippen LogP contribution in [0.1, 0.15) is 45.4 Å². The first-order chi connectivity index (χ1) is 10.0. The summed E-state index contributed by atoms with van der Waals surface area (Å²) in [4.78, 5) is 27.9. The van der Waals surface area contributed by atoms with Crippen molar-refractivity contribution in [2.24, 2.45) is 17.8 Å². The lowest BCUT2D eigenvalue weighted by Crippen LogP contribution is -2.52. The molecule has 0 aromatic rings. The molecule has 0 bridgehead atoms. The van der Waals surface area contributed by atoms with E-state index in [2.05, 4.69) is 0 Å². The Morgan fingerprint density at radius 1 is 1.10 bits per heavy atom. The lowest BCUT2D eigenvalue weighted by Gasteiger charge is -2.39. The Labute approximate surface area is 126 Å². The molecule has 3 aliphatic rings. The maximum atomic E-state index is 12.8. The summed E-state index contributed by atoms with van der Waals surface area (Å²) >= 11 is 0. The average molecular weight is 294 g/mol. The molecular weight excluding hydrogens is 268 g/mol. The number of likely N-dealkylation sites (tertiary alicyclic amines) is 1. The van der Waals surface area contributed by atoms with E-state index in [1.165, 1.54) is 25.7 Å². The predicted octanol–water partition coefficient (Wildman–Crippen LogP) is 2.41. The highest BCUT2D eigenvalue weighted by Crippen LogP contribution is 2.35. The van der Waals surface area contributed by atoms with Crippen LogP contribution in [0.25, 0.3) is 0 Å². The van der Waals surface area contributed by atoms with Gasteiger partial charge in [-0.2, -0.15) is 0 Å². The Morgan fingerprint density at radius 2 is 1.67 bits per heavy atom. The SMILES string of the molecule is CC1CC(C(=O)O)CCN1C(=O)N(CC1CC1)CC1CC1. The molecule has 0 aromatic carbocycles. The summed E-state index contributed by atoms with van der Waals surface area (Å²) in [5, 5.41) is 9.13. The van der Waals surface area contributed by atoms with Crippen LogP contribution in [0.5, 0.6) is 0 Å². The van der Waals surface area contributed by atoms with Gasteiger partial charge in [0.25, 0.3) is 0 Å². The molecule has 1 heterocycles. The van der Waals surface area contributed by atoms with Gasteiger partial charge in [-0.05, 0) is 57.3 Å². The number of rotatable bonds is 5. The van der Waals surface area contributed by atoms with Crippen LogP contribution < -0.4 is 0 Å². The number of nitrogens with zero attached hydrogens (tertiary/aromatic N) is 2. The van der Waals surface area contributed by atoms with E-state index in [1.807, 2.05) is 16.7 Å². The number of piperidine rings is 1. The first-order valence-electron chi connectivity index (χ1n) is 8.33. The highest BCUT2D eigenvalue weighted by atomic mass is 16.4. The molecular formula is C16H26N2O3. The van der Waals surface area contributed by atoms with Crippen molar-refractivity contribution in [2.45, 2.75) is 51.5 Å². The quantitative estimate of drug-likeness (QED) is 0.847. The van der Waals surface area contributed by atoms with Gasteiger partial charge in [0.1, 0.15) is 0 Å². The summed E-state index contributed by atoms with van der Waals surface area (Å²) in [6.07, 6.45) is 6.19. The van der Waals surface area contributed by atoms with Gasteiger partial charge in [-0.3, -0.25) is 4.79 Å². The van der Waals surface area contributed by atoms with Gasteiger partial charge >= 0.3 is 12.0 Å². The number of aliphatic carboxylic acids is 1. The summed E-state index contributed by atoms with van der Waals surface area (Å²) < 4.78 is 0. The minimum atomic E-state index is -0.721. The van der Waals surface area contributed by atoms with E-state index in [0.29, 0.717) is 31.2 Å². The number of hydrogen-bond acceptors (Lipinski definition) is 2. The first kappa shape index (κ1) is 14.7. The van der Waals surface area contributed by atoms with Crippen LogP contribution in [0.15, 0.2) is 0 Å². The molecule has 1 aliphatic heterocycles. The third-order valence-corrected chi connectivity index (χ3v) is 5.09. The largest absolute Gasteiger partial charge is 0.481 e. The highest BCUT2D eigenvalue weighted by Gasteiger charge is 2.37. The smallest absolute Gasteiger partial charge is 0.320 e. The van der Waals surface area contributed by atoms with Gasteiger partial charge < -0.3 is 14.9 Å². The van der Waals surface area contributed by atoms with Gasteiger partial charge in [-0.15, -0.1) is 0 Å². The second-order valence-corrected chi connectivity index (χ2v) is 7.18. The van der Waals surface area contributed by atoms with Crippen molar-refractivity contribution in [3.05, 3.63) is 0 Å². The maximum absolute atomic E-state index is 12.8. The second-order valence-electron chi connectivity index (χ2n) is 7.18. The first-order valence-corrected chi connectivity index (χ1v) is 8.33. The molecule has 0 aromatic heterocycles. The number of carboxylic acid groups (broad SMARTS) is 1. The number of carbonyl (C=O) groups is 2. The lowest BCUT2D eigenvalue weighted by atomic mass is 9.92. The zero-order valence-electron chi connectivity index (χ0n) is 12.8. The van der Waals surface area contributed by atoms with E-state index < -0.39 is 5.97 Å². The molecule has 1 saturated heterocycles. The van der Waals surface area contributed by atoms with Crippen LogP contribution in [0.2, 0.25) is 0 Å². The van der Waals surface area contributed by atoms with Crippen molar-refractivity contribution >= 4 is 12.0 Å². The van der Waals surface area contributed by atoms with Gasteiger partial charge in [0.2, 0.25) is 0 Å². The normalized spacial score (nSPS) is 29.3. The molecule has 0 spiro atoms. The summed E-state index contributed by atoms with van der Waals surface area (Å²) in [7, 11) is 0. The molecule has 2 aliphatic carbocycles. The van der Waals surface area contributed by atoms with E-state index in [1.54, 1.807) is 0 Å². The highest BCUT2D eigenvalue weighted by molar-refractivity contribution is 5.76. The van der Waals surface area contributed by atoms with Crippen molar-refractivity contribution in [3.8, 4) is 0 Å². The third-order valence-electron chi connectivity index (χ3n) is 5.09. The van der Waals surface area contributed by atoms with Crippen molar-refractivity contribution in [3.63, 3.8) is 0 Å². The van der Waals surface area contributed by atoms with E-state index in [9.17, 15) is 9.59 Å². The topological polar surface area (TPSA) is 60.9 Å². The van der Waals surface area contributed by atoms with Gasteiger partial charge in [0, 0.05) is 25.7 Å². The predicted molar refractivity (Wildman–Crippen MR) is 78.9 cm³/mol. The molecule has 3 rings (SSSR count). The summed E-state index contributed by atoms with van der Waals surface area (Å²) in [5.41, 5.74) is 0. The minimum absolute atomic E-state index is 0.0354. The zero-order chi connectivity index (χ0) is 15.0. The average Bonchev–Trinajstić information content (AvgIpc) is 3.32. The summed E-state index contributed by atoms with van der Waals surface area (Å²) in [6, 6.07) is 0.179. The van der Waals surface area contributed by atoms with Gasteiger partial charge in [0.05, 0.1) is 5.92 Å². The lowest BCUT2D eigenvalue weighted by molar-refractivity contribution is -0.143. The van der Waals surface area contributed by atoms with Crippen molar-refractivity contribution in [2.75, 3.05) is 19.6 Å². The Hall–Kier alpha value is -1.26. The summed E-state index contributed by atoms with van der Waals surface area (Å²) in [6.45, 7) is 4.38. The third kappa shape index (κ3) is 3.69. The van der Waals surface area contributed by atoms with Crippen LogP contribution in [-0.4, -0.2) is 52.6 Å². The Balaban J connectivity index is 1.60. The number of carboxylic acids is 1. The standard InChI is InChI=1S/C16H26N2O3/c1-11-8-14(15(19)20)6-7-18(11)16(21)17(9-12-2-3-12)10-13-4-5-13/h11-14H,2-10H2,1H3,(H,19,20). The number of amides is 2. The van der Waals surface area contributed by atoms with Crippen LogP contribution in [0.4, 0.5) is 4.79 Å². The number of carbonyl (C=O) groups excluding carboxylic acids is 1. The van der Waals surface area contributed by atoms with E-state index in [0.717, 1.165) is 13.1 Å².